The molecule has 29 heavy (non-hydrogen) atoms. The van der Waals surface area contributed by atoms with Crippen molar-refractivity contribution >= 4 is 34.8 Å². The lowest BCUT2D eigenvalue weighted by molar-refractivity contribution is -0.118. The SMILES string of the molecule is Cc1ccc(C(=O)N(C)c2ccc(OCC(=O)Nc3cccc(Cl)c3)cc2)cc1. The largest absolute Gasteiger partial charge is 0.484 e. The summed E-state index contributed by atoms with van der Waals surface area (Å²) >= 11 is 5.90. The van der Waals surface area contributed by atoms with Crippen LogP contribution in [0.4, 0.5) is 11.4 Å². The van der Waals surface area contributed by atoms with Crippen LogP contribution in [0.25, 0.3) is 0 Å². The van der Waals surface area contributed by atoms with Gasteiger partial charge in [0.2, 0.25) is 0 Å². The van der Waals surface area contributed by atoms with E-state index in [1.54, 1.807) is 60.5 Å². The van der Waals surface area contributed by atoms with Crippen LogP contribution >= 0.6 is 11.6 Å². The molecule has 0 aliphatic heterocycles. The third-order valence-electron chi connectivity index (χ3n) is 4.31. The summed E-state index contributed by atoms with van der Waals surface area (Å²) in [5.74, 6) is 0.147. The molecule has 148 valence electrons. The molecule has 3 aromatic rings. The average molecular weight is 409 g/mol. The molecule has 0 aliphatic rings. The van der Waals surface area contributed by atoms with E-state index in [0.717, 1.165) is 11.3 Å². The normalized spacial score (nSPS) is 10.3. The topological polar surface area (TPSA) is 58.6 Å². The summed E-state index contributed by atoms with van der Waals surface area (Å²) < 4.78 is 5.51. The minimum Gasteiger partial charge on any atom is -0.484 e. The monoisotopic (exact) mass is 408 g/mol. The van der Waals surface area contributed by atoms with Crippen molar-refractivity contribution in [3.8, 4) is 5.75 Å². The molecule has 0 saturated carbocycles. The highest BCUT2D eigenvalue weighted by Gasteiger charge is 2.13. The van der Waals surface area contributed by atoms with E-state index in [1.807, 2.05) is 31.2 Å². The summed E-state index contributed by atoms with van der Waals surface area (Å²) in [6.45, 7) is 1.84. The van der Waals surface area contributed by atoms with E-state index < -0.39 is 0 Å². The Balaban J connectivity index is 1.56. The van der Waals surface area contributed by atoms with Gasteiger partial charge in [-0.1, -0.05) is 35.4 Å². The predicted molar refractivity (Wildman–Crippen MR) is 116 cm³/mol. The molecular weight excluding hydrogens is 388 g/mol. The first-order valence-corrected chi connectivity index (χ1v) is 9.43. The molecule has 0 spiro atoms. The summed E-state index contributed by atoms with van der Waals surface area (Å²) in [5.41, 5.74) is 3.06. The fraction of sp³-hybridized carbons (Fsp3) is 0.130. The lowest BCUT2D eigenvalue weighted by Crippen LogP contribution is -2.26. The molecule has 6 heteroatoms. The highest BCUT2D eigenvalue weighted by molar-refractivity contribution is 6.30. The standard InChI is InChI=1S/C23H21ClN2O3/c1-16-6-8-17(9-7-16)23(28)26(2)20-10-12-21(13-11-20)29-15-22(27)25-19-5-3-4-18(24)14-19/h3-14H,15H2,1-2H3,(H,25,27). The highest BCUT2D eigenvalue weighted by Crippen LogP contribution is 2.21. The molecule has 0 bridgehead atoms. The third kappa shape index (κ3) is 5.59. The van der Waals surface area contributed by atoms with Gasteiger partial charge in [-0.25, -0.2) is 0 Å². The van der Waals surface area contributed by atoms with E-state index in [9.17, 15) is 9.59 Å². The summed E-state index contributed by atoms with van der Waals surface area (Å²) in [4.78, 5) is 26.2. The van der Waals surface area contributed by atoms with Crippen molar-refractivity contribution in [1.82, 2.24) is 0 Å². The molecule has 0 aromatic heterocycles. The number of nitrogens with zero attached hydrogens (tertiary/aromatic N) is 1. The summed E-state index contributed by atoms with van der Waals surface area (Å²) in [6, 6.07) is 21.3. The smallest absolute Gasteiger partial charge is 0.262 e. The van der Waals surface area contributed by atoms with Crippen molar-refractivity contribution < 1.29 is 14.3 Å². The first kappa shape index (κ1) is 20.4. The number of carbonyl (C=O) groups is 2. The molecule has 5 nitrogen and oxygen atoms in total. The van der Waals surface area contributed by atoms with Gasteiger partial charge in [0.15, 0.2) is 6.61 Å². The lowest BCUT2D eigenvalue weighted by Gasteiger charge is -2.18. The van der Waals surface area contributed by atoms with Crippen LogP contribution in [0.3, 0.4) is 0 Å². The van der Waals surface area contributed by atoms with Gasteiger partial charge in [-0.15, -0.1) is 0 Å². The third-order valence-corrected chi connectivity index (χ3v) is 4.54. The van der Waals surface area contributed by atoms with Crippen LogP contribution in [0.1, 0.15) is 15.9 Å². The van der Waals surface area contributed by atoms with Crippen molar-refractivity contribution in [3.05, 3.63) is 88.9 Å². The highest BCUT2D eigenvalue weighted by atomic mass is 35.5. The van der Waals surface area contributed by atoms with Gasteiger partial charge in [0, 0.05) is 29.0 Å². The van der Waals surface area contributed by atoms with Crippen molar-refractivity contribution in [2.24, 2.45) is 0 Å². The van der Waals surface area contributed by atoms with E-state index in [4.69, 9.17) is 16.3 Å². The summed E-state index contributed by atoms with van der Waals surface area (Å²) in [7, 11) is 1.72. The zero-order valence-corrected chi connectivity index (χ0v) is 16.9. The van der Waals surface area contributed by atoms with Crippen molar-refractivity contribution in [2.75, 3.05) is 23.9 Å². The molecule has 0 aliphatic carbocycles. The lowest BCUT2D eigenvalue weighted by atomic mass is 10.1. The Morgan fingerprint density at radius 1 is 1.00 bits per heavy atom. The number of benzene rings is 3. The van der Waals surface area contributed by atoms with E-state index in [-0.39, 0.29) is 18.4 Å². The Bertz CT molecular complexity index is 1000. The van der Waals surface area contributed by atoms with Crippen LogP contribution in [0.2, 0.25) is 5.02 Å². The number of hydrogen-bond acceptors (Lipinski definition) is 3. The van der Waals surface area contributed by atoms with Crippen LogP contribution in [0.5, 0.6) is 5.75 Å². The van der Waals surface area contributed by atoms with Gasteiger partial charge >= 0.3 is 0 Å². The predicted octanol–water partition coefficient (Wildman–Crippen LogP) is 4.94. The second kappa shape index (κ2) is 9.26. The van der Waals surface area contributed by atoms with Crippen LogP contribution < -0.4 is 15.0 Å². The number of carbonyl (C=O) groups excluding carboxylic acids is 2. The van der Waals surface area contributed by atoms with Gasteiger partial charge in [0.1, 0.15) is 5.75 Å². The maximum Gasteiger partial charge on any atom is 0.262 e. The zero-order valence-electron chi connectivity index (χ0n) is 16.2. The maximum atomic E-state index is 12.6. The minimum absolute atomic E-state index is 0.0976. The number of anilines is 2. The average Bonchev–Trinajstić information content (AvgIpc) is 2.72. The van der Waals surface area contributed by atoms with Crippen molar-refractivity contribution in [2.45, 2.75) is 6.92 Å². The number of nitrogens with one attached hydrogen (secondary N) is 1. The number of ether oxygens (including phenoxy) is 1. The van der Waals surface area contributed by atoms with E-state index in [1.165, 1.54) is 0 Å². The second-order valence-corrected chi connectivity index (χ2v) is 7.01. The molecule has 0 heterocycles. The molecule has 3 aromatic carbocycles. The van der Waals surface area contributed by atoms with Gasteiger partial charge in [-0.2, -0.15) is 0 Å². The minimum atomic E-state index is -0.289. The molecule has 0 fully saturated rings. The summed E-state index contributed by atoms with van der Waals surface area (Å²) in [5, 5.41) is 3.26. The maximum absolute atomic E-state index is 12.6. The first-order chi connectivity index (χ1) is 13.9. The molecule has 0 radical (unpaired) electrons. The van der Waals surface area contributed by atoms with E-state index in [2.05, 4.69) is 5.32 Å². The Labute approximate surface area is 174 Å². The second-order valence-electron chi connectivity index (χ2n) is 6.57. The van der Waals surface area contributed by atoms with Crippen LogP contribution in [-0.4, -0.2) is 25.5 Å². The van der Waals surface area contributed by atoms with Crippen LogP contribution in [-0.2, 0) is 4.79 Å². The fourth-order valence-electron chi connectivity index (χ4n) is 2.69. The Kier molecular flexibility index (Phi) is 6.52. The van der Waals surface area contributed by atoms with E-state index in [0.29, 0.717) is 22.0 Å². The van der Waals surface area contributed by atoms with E-state index >= 15 is 0 Å². The van der Waals surface area contributed by atoms with Gasteiger partial charge in [0.25, 0.3) is 11.8 Å². The Hall–Kier alpha value is -3.31. The molecule has 3 rings (SSSR count). The molecular formula is C23H21ClN2O3. The quantitative estimate of drug-likeness (QED) is 0.628. The number of rotatable bonds is 6. The van der Waals surface area contributed by atoms with Gasteiger partial charge in [0.05, 0.1) is 0 Å². The zero-order chi connectivity index (χ0) is 20.8. The van der Waals surface area contributed by atoms with Crippen LogP contribution in [0, 0.1) is 6.92 Å². The van der Waals surface area contributed by atoms with Crippen molar-refractivity contribution in [1.29, 1.82) is 0 Å². The van der Waals surface area contributed by atoms with Crippen molar-refractivity contribution in [3.63, 3.8) is 0 Å². The van der Waals surface area contributed by atoms with Gasteiger partial charge < -0.3 is 15.0 Å². The number of halogens is 1. The molecule has 0 unspecified atom stereocenters. The molecule has 1 N–H and O–H groups in total. The molecule has 0 atom stereocenters. The van der Waals surface area contributed by atoms with Gasteiger partial charge in [-0.3, -0.25) is 9.59 Å². The van der Waals surface area contributed by atoms with Crippen LogP contribution in [0.15, 0.2) is 72.8 Å². The number of aryl methyl sites for hydroxylation is 1. The Morgan fingerprint density at radius 2 is 1.69 bits per heavy atom. The molecule has 0 saturated heterocycles. The van der Waals surface area contributed by atoms with Gasteiger partial charge in [-0.05, 0) is 61.5 Å². The Morgan fingerprint density at radius 3 is 2.34 bits per heavy atom. The summed E-state index contributed by atoms with van der Waals surface area (Å²) in [6.07, 6.45) is 0. The number of amides is 2. The molecule has 2 amide bonds. The first-order valence-electron chi connectivity index (χ1n) is 9.05. The number of hydrogen-bond donors (Lipinski definition) is 1. The fourth-order valence-corrected chi connectivity index (χ4v) is 2.88.